The molecule has 0 saturated heterocycles. The van der Waals surface area contributed by atoms with E-state index in [9.17, 15) is 0 Å². The molecule has 3 rings (SSSR count). The van der Waals surface area contributed by atoms with Gasteiger partial charge >= 0.3 is 0 Å². The molecule has 2 aliphatic rings. The van der Waals surface area contributed by atoms with E-state index >= 15 is 0 Å². The molecule has 1 aromatic carbocycles. The summed E-state index contributed by atoms with van der Waals surface area (Å²) in [7, 11) is 2.06. The summed E-state index contributed by atoms with van der Waals surface area (Å²) in [5, 5.41) is 3.38. The van der Waals surface area contributed by atoms with Crippen LogP contribution in [0, 0.1) is 11.3 Å². The predicted molar refractivity (Wildman–Crippen MR) is 81.8 cm³/mol. The molecule has 1 aromatic rings. The smallest absolute Gasteiger partial charge is 0.125 e. The number of hydrogen-bond acceptors (Lipinski definition) is 2. The largest absolute Gasteiger partial charge is 0.493 e. The zero-order valence-electron chi connectivity index (χ0n) is 11.8. The Kier molecular flexibility index (Phi) is 3.61. The minimum atomic E-state index is 0.356. The highest BCUT2D eigenvalue weighted by Gasteiger charge is 2.41. The Balaban J connectivity index is 1.90. The maximum atomic E-state index is 5.87. The normalized spacial score (nSPS) is 20.8. The van der Waals surface area contributed by atoms with Gasteiger partial charge in [0.2, 0.25) is 0 Å². The zero-order chi connectivity index (χ0) is 13.5. The third kappa shape index (κ3) is 2.68. The molecule has 0 aromatic heterocycles. The second kappa shape index (κ2) is 5.10. The molecule has 0 radical (unpaired) electrons. The molecule has 1 aliphatic heterocycles. The fourth-order valence-electron chi connectivity index (χ4n) is 3.45. The van der Waals surface area contributed by atoms with Crippen molar-refractivity contribution in [2.45, 2.75) is 32.6 Å². The lowest BCUT2D eigenvalue weighted by molar-refractivity contribution is 0.258. The lowest BCUT2D eigenvalue weighted by atomic mass is 9.78. The summed E-state index contributed by atoms with van der Waals surface area (Å²) in [6.45, 7) is 4.34. The predicted octanol–water partition coefficient (Wildman–Crippen LogP) is 3.56. The lowest BCUT2D eigenvalue weighted by Crippen LogP contribution is -2.34. The fraction of sp³-hybridized carbons (Fsp3) is 0.625. The number of rotatable bonds is 5. The Bertz CT molecular complexity index is 484. The van der Waals surface area contributed by atoms with Crippen LogP contribution in [0.4, 0.5) is 0 Å². The van der Waals surface area contributed by atoms with Crippen LogP contribution in [0.15, 0.2) is 16.6 Å². The van der Waals surface area contributed by atoms with Crippen molar-refractivity contribution in [3.8, 4) is 5.75 Å². The molecule has 1 heterocycles. The molecule has 0 amide bonds. The average Bonchev–Trinajstić information content (AvgIpc) is 3.10. The standard InChI is InChI=1S/C16H22BrNO/c1-16(10-18-2,13-3-4-13)9-12-8-14(17)7-11-5-6-19-15(11)12/h7-8,13,18H,3-6,9-10H2,1-2H3. The number of nitrogens with one attached hydrogen (secondary N) is 1. The molecule has 1 saturated carbocycles. The molecular formula is C16H22BrNO. The van der Waals surface area contributed by atoms with E-state index in [2.05, 4.69) is 47.4 Å². The van der Waals surface area contributed by atoms with Gasteiger partial charge in [-0.05, 0) is 60.9 Å². The molecular weight excluding hydrogens is 302 g/mol. The molecule has 2 nitrogen and oxygen atoms in total. The Hall–Kier alpha value is -0.540. The SMILES string of the molecule is CNCC(C)(Cc1cc(Br)cc2c1OCC2)C1CC1. The third-order valence-electron chi connectivity index (χ3n) is 4.56. The fourth-order valence-corrected chi connectivity index (χ4v) is 4.00. The van der Waals surface area contributed by atoms with E-state index in [0.717, 1.165) is 37.7 Å². The van der Waals surface area contributed by atoms with Crippen molar-refractivity contribution in [2.75, 3.05) is 20.2 Å². The van der Waals surface area contributed by atoms with Gasteiger partial charge < -0.3 is 10.1 Å². The van der Waals surface area contributed by atoms with Crippen LogP contribution in [0.1, 0.15) is 30.9 Å². The molecule has 1 atom stereocenters. The Morgan fingerprint density at radius 3 is 2.89 bits per heavy atom. The maximum absolute atomic E-state index is 5.87. The van der Waals surface area contributed by atoms with E-state index < -0.39 is 0 Å². The third-order valence-corrected chi connectivity index (χ3v) is 5.02. The van der Waals surface area contributed by atoms with Gasteiger partial charge in [-0.3, -0.25) is 0 Å². The van der Waals surface area contributed by atoms with Gasteiger partial charge in [-0.2, -0.15) is 0 Å². The van der Waals surface area contributed by atoms with E-state index in [4.69, 9.17) is 4.74 Å². The van der Waals surface area contributed by atoms with E-state index in [-0.39, 0.29) is 0 Å². The van der Waals surface area contributed by atoms with Crippen molar-refractivity contribution in [3.05, 3.63) is 27.7 Å². The first kappa shape index (κ1) is 13.4. The first-order valence-electron chi connectivity index (χ1n) is 7.21. The molecule has 19 heavy (non-hydrogen) atoms. The number of halogens is 1. The second-order valence-electron chi connectivity index (χ2n) is 6.29. The highest BCUT2D eigenvalue weighted by Crippen LogP contribution is 2.48. The van der Waals surface area contributed by atoms with Gasteiger partial charge in [0.25, 0.3) is 0 Å². The molecule has 0 spiro atoms. The minimum Gasteiger partial charge on any atom is -0.493 e. The number of benzene rings is 1. The summed E-state index contributed by atoms with van der Waals surface area (Å²) >= 11 is 3.64. The molecule has 104 valence electrons. The number of hydrogen-bond donors (Lipinski definition) is 1. The van der Waals surface area contributed by atoms with E-state index in [0.29, 0.717) is 5.41 Å². The number of fused-ring (bicyclic) bond motifs is 1. The van der Waals surface area contributed by atoms with Crippen molar-refractivity contribution in [2.24, 2.45) is 11.3 Å². The molecule has 3 heteroatoms. The molecule has 1 aliphatic carbocycles. The average molecular weight is 324 g/mol. The Morgan fingerprint density at radius 1 is 1.42 bits per heavy atom. The summed E-state index contributed by atoms with van der Waals surface area (Å²) in [5.74, 6) is 2.03. The molecule has 1 fully saturated rings. The summed E-state index contributed by atoms with van der Waals surface area (Å²) in [6.07, 6.45) is 4.93. The van der Waals surface area contributed by atoms with Gasteiger partial charge in [0.15, 0.2) is 0 Å². The van der Waals surface area contributed by atoms with Gasteiger partial charge in [0, 0.05) is 17.4 Å². The zero-order valence-corrected chi connectivity index (χ0v) is 13.3. The van der Waals surface area contributed by atoms with Crippen LogP contribution in [0.5, 0.6) is 5.75 Å². The van der Waals surface area contributed by atoms with Crippen molar-refractivity contribution in [3.63, 3.8) is 0 Å². The summed E-state index contributed by atoms with van der Waals surface area (Å²) < 4.78 is 7.06. The van der Waals surface area contributed by atoms with Crippen LogP contribution in [-0.4, -0.2) is 20.2 Å². The van der Waals surface area contributed by atoms with Crippen LogP contribution in [-0.2, 0) is 12.8 Å². The quantitative estimate of drug-likeness (QED) is 0.894. The van der Waals surface area contributed by atoms with Gasteiger partial charge in [0.1, 0.15) is 5.75 Å². The lowest BCUT2D eigenvalue weighted by Gasteiger charge is -2.30. The van der Waals surface area contributed by atoms with E-state index in [1.807, 2.05) is 0 Å². The van der Waals surface area contributed by atoms with Crippen molar-refractivity contribution < 1.29 is 4.74 Å². The molecule has 1 unspecified atom stereocenters. The van der Waals surface area contributed by atoms with Crippen LogP contribution in [0.2, 0.25) is 0 Å². The Labute approximate surface area is 124 Å². The first-order valence-corrected chi connectivity index (χ1v) is 8.00. The van der Waals surface area contributed by atoms with Crippen molar-refractivity contribution in [1.82, 2.24) is 5.32 Å². The highest BCUT2D eigenvalue weighted by molar-refractivity contribution is 9.10. The monoisotopic (exact) mass is 323 g/mol. The van der Waals surface area contributed by atoms with Gasteiger partial charge in [0.05, 0.1) is 6.61 Å². The second-order valence-corrected chi connectivity index (χ2v) is 7.20. The van der Waals surface area contributed by atoms with E-state index in [1.54, 1.807) is 0 Å². The highest BCUT2D eigenvalue weighted by atomic mass is 79.9. The Morgan fingerprint density at radius 2 is 2.21 bits per heavy atom. The maximum Gasteiger partial charge on any atom is 0.125 e. The van der Waals surface area contributed by atoms with Crippen LogP contribution >= 0.6 is 15.9 Å². The van der Waals surface area contributed by atoms with Crippen LogP contribution in [0.25, 0.3) is 0 Å². The van der Waals surface area contributed by atoms with Crippen LogP contribution < -0.4 is 10.1 Å². The summed E-state index contributed by atoms with van der Waals surface area (Å²) in [4.78, 5) is 0. The summed E-state index contributed by atoms with van der Waals surface area (Å²) in [6, 6.07) is 4.46. The molecule has 1 N–H and O–H groups in total. The van der Waals surface area contributed by atoms with E-state index in [1.165, 1.54) is 28.4 Å². The van der Waals surface area contributed by atoms with Crippen LogP contribution in [0.3, 0.4) is 0 Å². The van der Waals surface area contributed by atoms with Crippen molar-refractivity contribution in [1.29, 1.82) is 0 Å². The van der Waals surface area contributed by atoms with Gasteiger partial charge in [-0.1, -0.05) is 22.9 Å². The minimum absolute atomic E-state index is 0.356. The number of ether oxygens (including phenoxy) is 1. The topological polar surface area (TPSA) is 21.3 Å². The van der Waals surface area contributed by atoms with Gasteiger partial charge in [-0.15, -0.1) is 0 Å². The molecule has 0 bridgehead atoms. The summed E-state index contributed by atoms with van der Waals surface area (Å²) in [5.41, 5.74) is 3.11. The first-order chi connectivity index (χ1) is 9.12. The van der Waals surface area contributed by atoms with Crippen molar-refractivity contribution >= 4 is 15.9 Å². The van der Waals surface area contributed by atoms with Gasteiger partial charge in [-0.25, -0.2) is 0 Å².